The lowest BCUT2D eigenvalue weighted by atomic mass is 10.2. The number of rotatable bonds is 5. The third kappa shape index (κ3) is 5.79. The Hall–Kier alpha value is -1.73. The van der Waals surface area contributed by atoms with Crippen LogP contribution in [0.4, 0.5) is 5.69 Å². The van der Waals surface area contributed by atoms with Crippen LogP contribution in [0.25, 0.3) is 0 Å². The summed E-state index contributed by atoms with van der Waals surface area (Å²) in [7, 11) is -4.37. The normalized spacial score (nSPS) is 10.9. The second-order valence-corrected chi connectivity index (χ2v) is 4.81. The molecule has 0 atom stereocenters. The third-order valence-electron chi connectivity index (χ3n) is 1.76. The van der Waals surface area contributed by atoms with E-state index in [0.29, 0.717) is 5.69 Å². The first-order valence-electron chi connectivity index (χ1n) is 4.68. The second kappa shape index (κ2) is 5.55. The number of anilines is 1. The summed E-state index contributed by atoms with van der Waals surface area (Å²) in [5.41, 5.74) is 0.511. The van der Waals surface area contributed by atoms with E-state index in [9.17, 15) is 18.0 Å². The number of para-hydroxylation sites is 1. The number of benzene rings is 1. The molecule has 0 unspecified atom stereocenters. The first-order chi connectivity index (χ1) is 7.87. The van der Waals surface area contributed by atoms with Crippen LogP contribution in [-0.4, -0.2) is 30.4 Å². The summed E-state index contributed by atoms with van der Waals surface area (Å²) in [5, 5.41) is 2.42. The van der Waals surface area contributed by atoms with Gasteiger partial charge in [-0.15, -0.1) is 0 Å². The monoisotopic (exact) mass is 257 g/mol. The topological polar surface area (TPSA) is 101 Å². The van der Waals surface area contributed by atoms with Gasteiger partial charge < -0.3 is 5.32 Å². The number of hydrogen-bond acceptors (Lipinski definition) is 4. The average molecular weight is 257 g/mol. The minimum Gasteiger partial charge on any atom is -0.326 e. The van der Waals surface area contributed by atoms with Crippen molar-refractivity contribution in [1.29, 1.82) is 0 Å². The van der Waals surface area contributed by atoms with E-state index in [4.69, 9.17) is 4.55 Å². The predicted octanol–water partition coefficient (Wildman–Crippen LogP) is 0.472. The highest BCUT2D eigenvalue weighted by Crippen LogP contribution is 2.05. The van der Waals surface area contributed by atoms with Crippen LogP contribution in [0.2, 0.25) is 0 Å². The molecule has 0 heterocycles. The van der Waals surface area contributed by atoms with Gasteiger partial charge in [-0.3, -0.25) is 14.1 Å². The Balaban J connectivity index is 2.48. The summed E-state index contributed by atoms with van der Waals surface area (Å²) >= 11 is 0. The molecule has 0 radical (unpaired) electrons. The van der Waals surface area contributed by atoms with Gasteiger partial charge >= 0.3 is 0 Å². The molecule has 92 valence electrons. The van der Waals surface area contributed by atoms with Gasteiger partial charge in [0, 0.05) is 5.69 Å². The Morgan fingerprint density at radius 2 is 1.76 bits per heavy atom. The van der Waals surface area contributed by atoms with Gasteiger partial charge in [0.15, 0.2) is 5.78 Å². The molecule has 0 saturated heterocycles. The Labute approximate surface area is 98.4 Å². The van der Waals surface area contributed by atoms with Gasteiger partial charge in [-0.1, -0.05) is 18.2 Å². The molecule has 17 heavy (non-hydrogen) atoms. The number of ketones is 1. The van der Waals surface area contributed by atoms with Crippen molar-refractivity contribution >= 4 is 27.5 Å². The van der Waals surface area contributed by atoms with Crippen LogP contribution >= 0.6 is 0 Å². The van der Waals surface area contributed by atoms with Crippen LogP contribution in [0.1, 0.15) is 6.42 Å². The van der Waals surface area contributed by atoms with Crippen molar-refractivity contribution in [3.05, 3.63) is 30.3 Å². The Bertz CT molecular complexity index is 509. The maximum absolute atomic E-state index is 11.3. The fourth-order valence-corrected chi connectivity index (χ4v) is 1.67. The lowest BCUT2D eigenvalue weighted by molar-refractivity contribution is -0.124. The molecule has 7 heteroatoms. The van der Waals surface area contributed by atoms with Gasteiger partial charge in [0.1, 0.15) is 5.75 Å². The number of Topliss-reactive ketones (excluding diaryl/α,β-unsaturated/α-hetero) is 1. The number of hydrogen-bond donors (Lipinski definition) is 2. The van der Waals surface area contributed by atoms with Gasteiger partial charge in [-0.25, -0.2) is 0 Å². The largest absolute Gasteiger partial charge is 0.326 e. The Kier molecular flexibility index (Phi) is 4.36. The van der Waals surface area contributed by atoms with Crippen LogP contribution in [0.3, 0.4) is 0 Å². The molecule has 6 nitrogen and oxygen atoms in total. The van der Waals surface area contributed by atoms with Crippen molar-refractivity contribution in [2.24, 2.45) is 0 Å². The number of carbonyl (C=O) groups is 2. The minimum atomic E-state index is -4.37. The Morgan fingerprint density at radius 3 is 2.29 bits per heavy atom. The third-order valence-corrected chi connectivity index (χ3v) is 2.45. The summed E-state index contributed by atoms with van der Waals surface area (Å²) in [6.45, 7) is 0. The lowest BCUT2D eigenvalue weighted by Crippen LogP contribution is -2.22. The zero-order valence-electron chi connectivity index (χ0n) is 8.79. The molecule has 0 saturated carbocycles. The highest BCUT2D eigenvalue weighted by Gasteiger charge is 2.16. The first-order valence-corrected chi connectivity index (χ1v) is 6.29. The molecule has 0 fully saturated rings. The molecule has 0 aromatic heterocycles. The van der Waals surface area contributed by atoms with E-state index in [1.54, 1.807) is 30.3 Å². The fourth-order valence-electron chi connectivity index (χ4n) is 1.16. The van der Waals surface area contributed by atoms with Crippen LogP contribution in [-0.2, 0) is 19.7 Å². The van der Waals surface area contributed by atoms with Crippen molar-refractivity contribution in [2.45, 2.75) is 6.42 Å². The maximum atomic E-state index is 11.3. The molecular weight excluding hydrogens is 246 g/mol. The predicted molar refractivity (Wildman–Crippen MR) is 61.1 cm³/mol. The smallest absolute Gasteiger partial charge is 0.272 e. The number of carbonyl (C=O) groups excluding carboxylic acids is 2. The first kappa shape index (κ1) is 13.3. The fraction of sp³-hybridized carbons (Fsp3) is 0.200. The molecular formula is C10H11NO5S. The van der Waals surface area contributed by atoms with Crippen LogP contribution in [0, 0.1) is 0 Å². The van der Waals surface area contributed by atoms with Gasteiger partial charge in [0.25, 0.3) is 10.1 Å². The molecule has 0 aliphatic carbocycles. The average Bonchev–Trinajstić information content (AvgIpc) is 2.15. The van der Waals surface area contributed by atoms with E-state index in [-0.39, 0.29) is 0 Å². The number of amides is 1. The van der Waals surface area contributed by atoms with E-state index in [0.717, 1.165) is 0 Å². The molecule has 0 aliphatic heterocycles. The van der Waals surface area contributed by atoms with Crippen molar-refractivity contribution in [1.82, 2.24) is 0 Å². The molecule has 0 bridgehead atoms. The lowest BCUT2D eigenvalue weighted by Gasteiger charge is -2.03. The highest BCUT2D eigenvalue weighted by molar-refractivity contribution is 7.86. The zero-order chi connectivity index (χ0) is 12.9. The molecule has 1 aromatic carbocycles. The van der Waals surface area contributed by atoms with E-state index in [2.05, 4.69) is 5.32 Å². The minimum absolute atomic E-state index is 0.511. The molecule has 0 spiro atoms. The van der Waals surface area contributed by atoms with Gasteiger partial charge in [-0.05, 0) is 12.1 Å². The van der Waals surface area contributed by atoms with E-state index in [1.165, 1.54) is 0 Å². The molecule has 0 aliphatic rings. The van der Waals surface area contributed by atoms with E-state index < -0.39 is 34.0 Å². The van der Waals surface area contributed by atoms with Crippen LogP contribution < -0.4 is 5.32 Å². The molecule has 2 N–H and O–H groups in total. The van der Waals surface area contributed by atoms with Gasteiger partial charge in [-0.2, -0.15) is 8.42 Å². The standard InChI is InChI=1S/C10H11NO5S/c12-9(7-17(14,15)16)6-10(13)11-8-4-2-1-3-5-8/h1-5H,6-7H2,(H,11,13)(H,14,15,16). The van der Waals surface area contributed by atoms with Crippen molar-refractivity contribution < 1.29 is 22.6 Å². The summed E-state index contributed by atoms with van der Waals surface area (Å²) < 4.78 is 29.2. The van der Waals surface area contributed by atoms with Crippen molar-refractivity contribution in [3.8, 4) is 0 Å². The molecule has 1 amide bonds. The quantitative estimate of drug-likeness (QED) is 0.590. The maximum Gasteiger partial charge on any atom is 0.272 e. The Morgan fingerprint density at radius 1 is 1.18 bits per heavy atom. The molecule has 1 rings (SSSR count). The van der Waals surface area contributed by atoms with Crippen molar-refractivity contribution in [3.63, 3.8) is 0 Å². The highest BCUT2D eigenvalue weighted by atomic mass is 32.2. The zero-order valence-corrected chi connectivity index (χ0v) is 9.61. The SMILES string of the molecule is O=C(CC(=O)Nc1ccccc1)CS(=O)(=O)O. The van der Waals surface area contributed by atoms with E-state index in [1.807, 2.05) is 0 Å². The summed E-state index contributed by atoms with van der Waals surface area (Å²) in [6.07, 6.45) is -0.589. The summed E-state index contributed by atoms with van der Waals surface area (Å²) in [6, 6.07) is 8.43. The summed E-state index contributed by atoms with van der Waals surface area (Å²) in [5.74, 6) is -2.53. The summed E-state index contributed by atoms with van der Waals surface area (Å²) in [4.78, 5) is 22.4. The van der Waals surface area contributed by atoms with Crippen LogP contribution in [0.15, 0.2) is 30.3 Å². The van der Waals surface area contributed by atoms with E-state index >= 15 is 0 Å². The molecule has 1 aromatic rings. The van der Waals surface area contributed by atoms with Gasteiger partial charge in [0.2, 0.25) is 5.91 Å². The second-order valence-electron chi connectivity index (χ2n) is 3.36. The van der Waals surface area contributed by atoms with Gasteiger partial charge in [0.05, 0.1) is 6.42 Å². The van der Waals surface area contributed by atoms with Crippen molar-refractivity contribution in [2.75, 3.05) is 11.1 Å². The number of nitrogens with one attached hydrogen (secondary N) is 1. The van der Waals surface area contributed by atoms with Crippen LogP contribution in [0.5, 0.6) is 0 Å².